The van der Waals surface area contributed by atoms with E-state index in [1.165, 1.54) is 11.5 Å². The number of ketones is 1. The topological polar surface area (TPSA) is 111 Å². The minimum absolute atomic E-state index is 0.157. The standard InChI is InChI=1S/C27H24ClN7O2/c1-3-7-19-16-35(25-20(17(2)36)10-6-11-23(25)28)27(37)34(19)15-18-12-13-24(29-14-18)21-8-4-5-9-22(21)26-30-32-33-31-26/h4-6,8-14,16H,3,7,15H2,1-2H3,(H,30,31,32,33). The summed E-state index contributed by atoms with van der Waals surface area (Å²) in [6.07, 6.45) is 5.10. The van der Waals surface area contributed by atoms with Crippen molar-refractivity contribution < 1.29 is 4.79 Å². The van der Waals surface area contributed by atoms with Crippen LogP contribution in [0.3, 0.4) is 0 Å². The molecule has 0 saturated heterocycles. The molecule has 10 heteroatoms. The van der Waals surface area contributed by atoms with E-state index >= 15 is 0 Å². The molecule has 0 bridgehead atoms. The molecule has 0 unspecified atom stereocenters. The minimum Gasteiger partial charge on any atom is -0.294 e. The molecule has 3 heterocycles. The van der Waals surface area contributed by atoms with E-state index in [0.717, 1.165) is 34.5 Å². The second kappa shape index (κ2) is 10.3. The molecule has 0 aliphatic rings. The zero-order valence-electron chi connectivity index (χ0n) is 20.3. The zero-order valence-corrected chi connectivity index (χ0v) is 21.1. The van der Waals surface area contributed by atoms with Crippen LogP contribution in [0.2, 0.25) is 5.02 Å². The number of benzene rings is 2. The lowest BCUT2D eigenvalue weighted by Gasteiger charge is -2.10. The van der Waals surface area contributed by atoms with Gasteiger partial charge in [-0.2, -0.15) is 0 Å². The number of imidazole rings is 1. The number of H-pyrrole nitrogens is 1. The average molecular weight is 514 g/mol. The van der Waals surface area contributed by atoms with Crippen molar-refractivity contribution in [3.8, 4) is 28.3 Å². The number of aryl methyl sites for hydroxylation is 1. The van der Waals surface area contributed by atoms with E-state index in [9.17, 15) is 9.59 Å². The molecule has 0 radical (unpaired) electrons. The van der Waals surface area contributed by atoms with E-state index in [1.54, 1.807) is 35.2 Å². The molecule has 0 spiro atoms. The van der Waals surface area contributed by atoms with Crippen molar-refractivity contribution in [2.75, 3.05) is 0 Å². The second-order valence-electron chi connectivity index (χ2n) is 8.65. The first-order valence-electron chi connectivity index (χ1n) is 11.9. The summed E-state index contributed by atoms with van der Waals surface area (Å²) in [7, 11) is 0. The molecule has 0 aliphatic heterocycles. The van der Waals surface area contributed by atoms with E-state index in [1.807, 2.05) is 36.4 Å². The molecule has 0 atom stereocenters. The number of aromatic amines is 1. The van der Waals surface area contributed by atoms with Gasteiger partial charge in [0.15, 0.2) is 11.6 Å². The summed E-state index contributed by atoms with van der Waals surface area (Å²) >= 11 is 6.46. The quantitative estimate of drug-likeness (QED) is 0.300. The van der Waals surface area contributed by atoms with Gasteiger partial charge in [-0.05, 0) is 47.5 Å². The molecule has 186 valence electrons. The molecular formula is C27H24ClN7O2. The Morgan fingerprint density at radius 1 is 1.05 bits per heavy atom. The Morgan fingerprint density at radius 2 is 1.86 bits per heavy atom. The van der Waals surface area contributed by atoms with Crippen molar-refractivity contribution in [1.82, 2.24) is 34.7 Å². The van der Waals surface area contributed by atoms with Crippen LogP contribution in [-0.2, 0) is 13.0 Å². The highest BCUT2D eigenvalue weighted by atomic mass is 35.5. The van der Waals surface area contributed by atoms with Crippen LogP contribution in [0, 0.1) is 0 Å². The number of hydrogen-bond acceptors (Lipinski definition) is 6. The number of nitrogens with one attached hydrogen (secondary N) is 1. The van der Waals surface area contributed by atoms with Gasteiger partial charge < -0.3 is 0 Å². The van der Waals surface area contributed by atoms with E-state index in [4.69, 9.17) is 11.6 Å². The monoisotopic (exact) mass is 513 g/mol. The number of aromatic nitrogens is 7. The van der Waals surface area contributed by atoms with Crippen molar-refractivity contribution in [3.05, 3.63) is 99.3 Å². The van der Waals surface area contributed by atoms with Gasteiger partial charge in [-0.3, -0.25) is 18.9 Å². The van der Waals surface area contributed by atoms with Crippen LogP contribution < -0.4 is 5.69 Å². The average Bonchev–Trinajstić information content (AvgIpc) is 3.54. The second-order valence-corrected chi connectivity index (χ2v) is 9.06. The zero-order chi connectivity index (χ0) is 25.9. The van der Waals surface area contributed by atoms with Gasteiger partial charge in [0.05, 0.1) is 22.9 Å². The number of halogens is 1. The highest BCUT2D eigenvalue weighted by molar-refractivity contribution is 6.33. The van der Waals surface area contributed by atoms with Crippen LogP contribution in [0.25, 0.3) is 28.3 Å². The van der Waals surface area contributed by atoms with Gasteiger partial charge in [-0.15, -0.1) is 5.10 Å². The van der Waals surface area contributed by atoms with Gasteiger partial charge in [0.2, 0.25) is 0 Å². The third kappa shape index (κ3) is 4.73. The van der Waals surface area contributed by atoms with Crippen molar-refractivity contribution in [2.24, 2.45) is 0 Å². The number of para-hydroxylation sites is 1. The normalized spacial score (nSPS) is 11.1. The largest absolute Gasteiger partial charge is 0.333 e. The van der Waals surface area contributed by atoms with Crippen LogP contribution in [-0.4, -0.2) is 40.5 Å². The Bertz CT molecular complexity index is 1620. The van der Waals surface area contributed by atoms with Gasteiger partial charge in [0, 0.05) is 34.8 Å². The minimum atomic E-state index is -0.258. The summed E-state index contributed by atoms with van der Waals surface area (Å²) in [6, 6.07) is 16.7. The molecule has 0 saturated carbocycles. The number of carbonyl (C=O) groups excluding carboxylic acids is 1. The first-order valence-corrected chi connectivity index (χ1v) is 12.2. The number of tetrazole rings is 1. The molecule has 0 aliphatic carbocycles. The molecule has 3 aromatic heterocycles. The summed E-state index contributed by atoms with van der Waals surface area (Å²) in [6.45, 7) is 3.86. The highest BCUT2D eigenvalue weighted by Gasteiger charge is 2.19. The summed E-state index contributed by atoms with van der Waals surface area (Å²) in [5, 5.41) is 14.5. The Kier molecular flexibility index (Phi) is 6.78. The molecule has 2 aromatic carbocycles. The van der Waals surface area contributed by atoms with Crippen molar-refractivity contribution in [1.29, 1.82) is 0 Å². The number of hydrogen-bond donors (Lipinski definition) is 1. The predicted octanol–water partition coefficient (Wildman–Crippen LogP) is 4.74. The van der Waals surface area contributed by atoms with Gasteiger partial charge in [0.25, 0.3) is 0 Å². The molecular weight excluding hydrogens is 490 g/mol. The highest BCUT2D eigenvalue weighted by Crippen LogP contribution is 2.28. The van der Waals surface area contributed by atoms with E-state index in [0.29, 0.717) is 35.1 Å². The lowest BCUT2D eigenvalue weighted by molar-refractivity contribution is 0.101. The van der Waals surface area contributed by atoms with Gasteiger partial charge in [-0.1, -0.05) is 61.3 Å². The molecule has 9 nitrogen and oxygen atoms in total. The maximum Gasteiger partial charge on any atom is 0.333 e. The van der Waals surface area contributed by atoms with Crippen molar-refractivity contribution >= 4 is 17.4 Å². The maximum atomic E-state index is 13.6. The lowest BCUT2D eigenvalue weighted by Crippen LogP contribution is -2.26. The molecule has 37 heavy (non-hydrogen) atoms. The van der Waals surface area contributed by atoms with E-state index in [-0.39, 0.29) is 11.5 Å². The molecule has 0 amide bonds. The first-order chi connectivity index (χ1) is 18.0. The smallest absolute Gasteiger partial charge is 0.294 e. The predicted molar refractivity (Wildman–Crippen MR) is 141 cm³/mol. The summed E-state index contributed by atoms with van der Waals surface area (Å²) in [5.74, 6) is 0.401. The van der Waals surface area contributed by atoms with Gasteiger partial charge >= 0.3 is 5.69 Å². The number of carbonyl (C=O) groups is 1. The fourth-order valence-corrected chi connectivity index (χ4v) is 4.67. The van der Waals surface area contributed by atoms with E-state index < -0.39 is 0 Å². The van der Waals surface area contributed by atoms with E-state index in [2.05, 4.69) is 32.5 Å². The van der Waals surface area contributed by atoms with Crippen molar-refractivity contribution in [2.45, 2.75) is 33.2 Å². The van der Waals surface area contributed by atoms with Crippen LogP contribution >= 0.6 is 11.6 Å². The summed E-state index contributed by atoms with van der Waals surface area (Å²) in [4.78, 5) is 30.5. The number of pyridine rings is 1. The van der Waals surface area contributed by atoms with Crippen LogP contribution in [0.5, 0.6) is 0 Å². The molecule has 1 N–H and O–H groups in total. The first kappa shape index (κ1) is 24.3. The van der Waals surface area contributed by atoms with Gasteiger partial charge in [0.1, 0.15) is 0 Å². The number of nitrogens with zero attached hydrogens (tertiary/aromatic N) is 6. The third-order valence-electron chi connectivity index (χ3n) is 6.14. The fourth-order valence-electron chi connectivity index (χ4n) is 4.40. The Hall–Kier alpha value is -4.37. The van der Waals surface area contributed by atoms with Crippen LogP contribution in [0.1, 0.15) is 41.9 Å². The molecule has 0 fully saturated rings. The van der Waals surface area contributed by atoms with Crippen molar-refractivity contribution in [3.63, 3.8) is 0 Å². The Morgan fingerprint density at radius 3 is 2.54 bits per heavy atom. The Labute approximate surface area is 217 Å². The van der Waals surface area contributed by atoms with Crippen LogP contribution in [0.15, 0.2) is 71.8 Å². The maximum absolute atomic E-state index is 13.6. The fraction of sp³-hybridized carbons (Fsp3) is 0.185. The summed E-state index contributed by atoms with van der Waals surface area (Å²) < 4.78 is 3.19. The Balaban J connectivity index is 1.51. The molecule has 5 aromatic rings. The molecule has 5 rings (SSSR count). The number of Topliss-reactive ketones (excluding diaryl/α,β-unsaturated/α-hetero) is 1. The van der Waals surface area contributed by atoms with Gasteiger partial charge in [-0.25, -0.2) is 9.89 Å². The van der Waals surface area contributed by atoms with Crippen LogP contribution in [0.4, 0.5) is 0 Å². The summed E-state index contributed by atoms with van der Waals surface area (Å²) in [5.41, 5.74) is 4.76. The lowest BCUT2D eigenvalue weighted by atomic mass is 10.0. The number of rotatable bonds is 8. The SMILES string of the molecule is CCCc1cn(-c2c(Cl)cccc2C(C)=O)c(=O)n1Cc1ccc(-c2ccccc2-c2nnn[nH]2)nc1. The third-order valence-corrected chi connectivity index (χ3v) is 6.45.